The van der Waals surface area contributed by atoms with Gasteiger partial charge in [0.25, 0.3) is 0 Å². The van der Waals surface area contributed by atoms with Crippen LogP contribution in [-0.4, -0.2) is 4.98 Å². The van der Waals surface area contributed by atoms with Crippen LogP contribution < -0.4 is 10.5 Å². The average molecular weight is 248 g/mol. The van der Waals surface area contributed by atoms with Crippen molar-refractivity contribution in [2.75, 3.05) is 0 Å². The fourth-order valence-corrected chi connectivity index (χ4v) is 2.06. The van der Waals surface area contributed by atoms with E-state index >= 15 is 0 Å². The van der Waals surface area contributed by atoms with Gasteiger partial charge in [-0.3, -0.25) is 0 Å². The number of benzene rings is 1. The number of hydrogen-bond donors (Lipinski definition) is 1. The van der Waals surface area contributed by atoms with Crippen LogP contribution in [0.1, 0.15) is 30.6 Å². The molecule has 0 amide bonds. The van der Waals surface area contributed by atoms with Gasteiger partial charge in [0.05, 0.1) is 11.2 Å². The standard InChI is InChI=1S/C13H16N2OS/c1-2-13(14)10-3-5-12(6-4-10)16-7-11-8-17-9-15-11/h3-6,8-9,13H,2,7,14H2,1H3/t13-/m0/s1. The molecule has 1 aromatic heterocycles. The van der Waals surface area contributed by atoms with Gasteiger partial charge in [0.1, 0.15) is 12.4 Å². The Balaban J connectivity index is 1.94. The van der Waals surface area contributed by atoms with Crippen molar-refractivity contribution in [3.05, 3.63) is 46.4 Å². The van der Waals surface area contributed by atoms with E-state index in [1.54, 1.807) is 11.3 Å². The highest BCUT2D eigenvalue weighted by Gasteiger charge is 2.03. The lowest BCUT2D eigenvalue weighted by Crippen LogP contribution is -2.08. The Morgan fingerprint density at radius 2 is 2.12 bits per heavy atom. The van der Waals surface area contributed by atoms with E-state index in [1.807, 2.05) is 35.2 Å². The van der Waals surface area contributed by atoms with Crippen molar-refractivity contribution in [1.29, 1.82) is 0 Å². The maximum atomic E-state index is 5.95. The zero-order valence-corrected chi connectivity index (χ0v) is 10.6. The number of hydrogen-bond acceptors (Lipinski definition) is 4. The summed E-state index contributed by atoms with van der Waals surface area (Å²) in [6.45, 7) is 2.60. The quantitative estimate of drug-likeness (QED) is 0.884. The topological polar surface area (TPSA) is 48.1 Å². The molecule has 4 heteroatoms. The molecule has 1 heterocycles. The minimum atomic E-state index is 0.114. The van der Waals surface area contributed by atoms with Gasteiger partial charge in [-0.1, -0.05) is 19.1 Å². The van der Waals surface area contributed by atoms with Gasteiger partial charge in [0, 0.05) is 11.4 Å². The van der Waals surface area contributed by atoms with Crippen LogP contribution >= 0.6 is 11.3 Å². The first kappa shape index (κ1) is 12.1. The van der Waals surface area contributed by atoms with Crippen molar-refractivity contribution < 1.29 is 4.74 Å². The molecule has 0 spiro atoms. The van der Waals surface area contributed by atoms with Crippen molar-refractivity contribution in [2.24, 2.45) is 5.73 Å². The third-order valence-electron chi connectivity index (χ3n) is 2.62. The molecule has 90 valence electrons. The van der Waals surface area contributed by atoms with Crippen LogP contribution in [0.3, 0.4) is 0 Å². The van der Waals surface area contributed by atoms with Gasteiger partial charge in [-0.05, 0) is 24.1 Å². The highest BCUT2D eigenvalue weighted by Crippen LogP contribution is 2.19. The van der Waals surface area contributed by atoms with Crippen molar-refractivity contribution >= 4 is 11.3 Å². The highest BCUT2D eigenvalue weighted by atomic mass is 32.1. The fourth-order valence-electron chi connectivity index (χ4n) is 1.51. The molecule has 1 atom stereocenters. The lowest BCUT2D eigenvalue weighted by atomic mass is 10.1. The Morgan fingerprint density at radius 1 is 1.35 bits per heavy atom. The van der Waals surface area contributed by atoms with Gasteiger partial charge < -0.3 is 10.5 Å². The first-order valence-electron chi connectivity index (χ1n) is 5.65. The van der Waals surface area contributed by atoms with E-state index < -0.39 is 0 Å². The van der Waals surface area contributed by atoms with E-state index in [1.165, 1.54) is 0 Å². The summed E-state index contributed by atoms with van der Waals surface area (Å²) in [6.07, 6.45) is 0.943. The lowest BCUT2D eigenvalue weighted by molar-refractivity contribution is 0.302. The summed E-state index contributed by atoms with van der Waals surface area (Å²) in [5.41, 5.74) is 9.86. The molecule has 0 radical (unpaired) electrons. The molecule has 0 aliphatic carbocycles. The molecule has 0 unspecified atom stereocenters. The van der Waals surface area contributed by atoms with E-state index in [0.717, 1.165) is 23.4 Å². The maximum Gasteiger partial charge on any atom is 0.131 e. The minimum Gasteiger partial charge on any atom is -0.487 e. The van der Waals surface area contributed by atoms with Crippen LogP contribution in [0, 0.1) is 0 Å². The zero-order chi connectivity index (χ0) is 12.1. The summed E-state index contributed by atoms with van der Waals surface area (Å²) in [7, 11) is 0. The molecule has 0 aliphatic rings. The van der Waals surface area contributed by atoms with Crippen LogP contribution in [0.4, 0.5) is 0 Å². The fraction of sp³-hybridized carbons (Fsp3) is 0.308. The third kappa shape index (κ3) is 3.28. The molecule has 0 bridgehead atoms. The molecule has 2 aromatic rings. The first-order valence-corrected chi connectivity index (χ1v) is 6.59. The number of thiazole rings is 1. The Labute approximate surface area is 105 Å². The normalized spacial score (nSPS) is 12.4. The molecule has 17 heavy (non-hydrogen) atoms. The van der Waals surface area contributed by atoms with Crippen molar-refractivity contribution in [3.63, 3.8) is 0 Å². The van der Waals surface area contributed by atoms with Gasteiger partial charge in [-0.2, -0.15) is 0 Å². The average Bonchev–Trinajstić information content (AvgIpc) is 2.89. The monoisotopic (exact) mass is 248 g/mol. The highest BCUT2D eigenvalue weighted by molar-refractivity contribution is 7.07. The molecular formula is C13H16N2OS. The molecule has 2 rings (SSSR count). The van der Waals surface area contributed by atoms with Crippen LogP contribution in [0.25, 0.3) is 0 Å². The molecule has 0 saturated heterocycles. The summed E-state index contributed by atoms with van der Waals surface area (Å²) in [4.78, 5) is 4.16. The predicted octanol–water partition coefficient (Wildman–Crippen LogP) is 3.13. The first-order chi connectivity index (χ1) is 8.29. The molecule has 1 aromatic carbocycles. The number of rotatable bonds is 5. The minimum absolute atomic E-state index is 0.114. The van der Waals surface area contributed by atoms with Crippen molar-refractivity contribution in [3.8, 4) is 5.75 Å². The zero-order valence-electron chi connectivity index (χ0n) is 9.80. The van der Waals surface area contributed by atoms with E-state index in [0.29, 0.717) is 6.61 Å². The van der Waals surface area contributed by atoms with Gasteiger partial charge in [-0.15, -0.1) is 11.3 Å². The van der Waals surface area contributed by atoms with E-state index in [4.69, 9.17) is 10.5 Å². The lowest BCUT2D eigenvalue weighted by Gasteiger charge is -2.10. The maximum absolute atomic E-state index is 5.95. The third-order valence-corrected chi connectivity index (χ3v) is 3.25. The van der Waals surface area contributed by atoms with Crippen LogP contribution in [-0.2, 0) is 6.61 Å². The summed E-state index contributed by atoms with van der Waals surface area (Å²) < 4.78 is 5.62. The second kappa shape index (κ2) is 5.80. The predicted molar refractivity (Wildman–Crippen MR) is 70.1 cm³/mol. The van der Waals surface area contributed by atoms with Crippen LogP contribution in [0.5, 0.6) is 5.75 Å². The van der Waals surface area contributed by atoms with E-state index in [9.17, 15) is 0 Å². The van der Waals surface area contributed by atoms with Gasteiger partial charge in [-0.25, -0.2) is 4.98 Å². The second-order valence-electron chi connectivity index (χ2n) is 3.85. The van der Waals surface area contributed by atoms with Crippen LogP contribution in [0.2, 0.25) is 0 Å². The summed E-state index contributed by atoms with van der Waals surface area (Å²) >= 11 is 1.58. The molecule has 3 nitrogen and oxygen atoms in total. The molecule has 0 aliphatic heterocycles. The number of aromatic nitrogens is 1. The molecule has 0 fully saturated rings. The van der Waals surface area contributed by atoms with E-state index in [-0.39, 0.29) is 6.04 Å². The molecule has 0 saturated carbocycles. The Bertz CT molecular complexity index is 439. The summed E-state index contributed by atoms with van der Waals surface area (Å²) in [6, 6.07) is 8.06. The molecule has 2 N–H and O–H groups in total. The van der Waals surface area contributed by atoms with Gasteiger partial charge in [0.2, 0.25) is 0 Å². The van der Waals surface area contributed by atoms with Crippen molar-refractivity contribution in [1.82, 2.24) is 4.98 Å². The van der Waals surface area contributed by atoms with Gasteiger partial charge >= 0.3 is 0 Å². The molecular weight excluding hydrogens is 232 g/mol. The Morgan fingerprint density at radius 3 is 2.71 bits per heavy atom. The van der Waals surface area contributed by atoms with Crippen molar-refractivity contribution in [2.45, 2.75) is 26.0 Å². The number of nitrogens with two attached hydrogens (primary N) is 1. The van der Waals surface area contributed by atoms with Crippen LogP contribution in [0.15, 0.2) is 35.2 Å². The Kier molecular flexibility index (Phi) is 4.12. The smallest absolute Gasteiger partial charge is 0.131 e. The SMILES string of the molecule is CC[C@H](N)c1ccc(OCc2cscn2)cc1. The largest absolute Gasteiger partial charge is 0.487 e. The summed E-state index contributed by atoms with van der Waals surface area (Å²) in [5, 5.41) is 1.99. The van der Waals surface area contributed by atoms with Gasteiger partial charge in [0.15, 0.2) is 0 Å². The number of nitrogens with zero attached hydrogens (tertiary/aromatic N) is 1. The number of ether oxygens (including phenoxy) is 1. The summed E-state index contributed by atoms with van der Waals surface area (Å²) in [5.74, 6) is 0.852. The second-order valence-corrected chi connectivity index (χ2v) is 4.57. The van der Waals surface area contributed by atoms with E-state index in [2.05, 4.69) is 11.9 Å². The Hall–Kier alpha value is -1.39.